The Morgan fingerprint density at radius 2 is 1.78 bits per heavy atom. The molecule has 32 heavy (non-hydrogen) atoms. The Labute approximate surface area is 188 Å². The highest BCUT2D eigenvalue weighted by Gasteiger charge is 2.34. The van der Waals surface area contributed by atoms with Crippen LogP contribution in [0.25, 0.3) is 0 Å². The van der Waals surface area contributed by atoms with Gasteiger partial charge in [-0.15, -0.1) is 10.2 Å². The second-order valence-corrected chi connectivity index (χ2v) is 8.17. The lowest BCUT2D eigenvalue weighted by molar-refractivity contribution is 0.0734. The molecular weight excluding hydrogens is 435 g/mol. The fraction of sp³-hybridized carbons (Fsp3) is 0.273. The molecule has 4 rings (SSSR count). The van der Waals surface area contributed by atoms with Crippen LogP contribution in [0.3, 0.4) is 0 Å². The first kappa shape index (κ1) is 21.7. The van der Waals surface area contributed by atoms with Crippen molar-refractivity contribution in [3.05, 3.63) is 63.9 Å². The van der Waals surface area contributed by atoms with E-state index in [1.807, 2.05) is 0 Å². The van der Waals surface area contributed by atoms with Crippen LogP contribution < -0.4 is 14.8 Å². The Morgan fingerprint density at radius 1 is 1.09 bits per heavy atom. The largest absolute Gasteiger partial charge is 0.497 e. The van der Waals surface area contributed by atoms with Crippen LogP contribution in [0.4, 0.5) is 10.1 Å². The minimum absolute atomic E-state index is 0.169. The van der Waals surface area contributed by atoms with Gasteiger partial charge in [-0.05, 0) is 49.2 Å². The molecule has 1 fully saturated rings. The van der Waals surface area contributed by atoms with E-state index in [4.69, 9.17) is 9.47 Å². The van der Waals surface area contributed by atoms with Gasteiger partial charge in [0.2, 0.25) is 5.01 Å². The summed E-state index contributed by atoms with van der Waals surface area (Å²) in [7, 11) is 3.06. The lowest BCUT2D eigenvalue weighted by atomic mass is 10.1. The van der Waals surface area contributed by atoms with Crippen LogP contribution in [0.5, 0.6) is 11.5 Å². The highest BCUT2D eigenvalue weighted by atomic mass is 32.1. The molecule has 0 spiro atoms. The SMILES string of the molecule is COc1cc(OC)cc(C(=O)N2CCCC2c2nnc(C(=O)Nc3ccc(F)cc3)s2)c1. The summed E-state index contributed by atoms with van der Waals surface area (Å²) in [5, 5.41) is 11.6. The zero-order valence-electron chi connectivity index (χ0n) is 17.5. The molecule has 2 aromatic carbocycles. The monoisotopic (exact) mass is 456 g/mol. The van der Waals surface area contributed by atoms with E-state index in [0.29, 0.717) is 34.3 Å². The van der Waals surface area contributed by atoms with Crippen LogP contribution in [-0.4, -0.2) is 47.7 Å². The summed E-state index contributed by atoms with van der Waals surface area (Å²) in [6, 6.07) is 10.2. The number of carbonyl (C=O) groups is 2. The average molecular weight is 456 g/mol. The Hall–Kier alpha value is -3.53. The molecular formula is C22H21FN4O4S. The summed E-state index contributed by atoms with van der Waals surface area (Å²) in [6.07, 6.45) is 1.54. The first-order valence-electron chi connectivity index (χ1n) is 9.93. The summed E-state index contributed by atoms with van der Waals surface area (Å²) in [4.78, 5) is 27.5. The number of nitrogens with zero attached hydrogens (tertiary/aromatic N) is 3. The number of aromatic nitrogens is 2. The summed E-state index contributed by atoms with van der Waals surface area (Å²) in [5.74, 6) is 0.0602. The van der Waals surface area contributed by atoms with Gasteiger partial charge in [-0.2, -0.15) is 0 Å². The van der Waals surface area contributed by atoms with E-state index in [1.54, 1.807) is 23.1 Å². The third-order valence-corrected chi connectivity index (χ3v) is 6.16. The molecule has 0 radical (unpaired) electrons. The maximum absolute atomic E-state index is 13.2. The molecule has 2 heterocycles. The van der Waals surface area contributed by atoms with Crippen LogP contribution in [0.1, 0.15) is 44.1 Å². The number of methoxy groups -OCH3 is 2. The summed E-state index contributed by atoms with van der Waals surface area (Å²) in [5.41, 5.74) is 0.907. The third kappa shape index (κ3) is 4.54. The second kappa shape index (κ2) is 9.31. The van der Waals surface area contributed by atoms with Gasteiger partial charge in [0.15, 0.2) is 0 Å². The number of hydrogen-bond donors (Lipinski definition) is 1. The van der Waals surface area contributed by atoms with Crippen molar-refractivity contribution in [2.45, 2.75) is 18.9 Å². The zero-order chi connectivity index (χ0) is 22.7. The van der Waals surface area contributed by atoms with Crippen LogP contribution in [0.2, 0.25) is 0 Å². The maximum Gasteiger partial charge on any atom is 0.286 e. The minimum Gasteiger partial charge on any atom is -0.497 e. The van der Waals surface area contributed by atoms with Crippen molar-refractivity contribution in [3.63, 3.8) is 0 Å². The number of likely N-dealkylation sites (tertiary alicyclic amines) is 1. The smallest absolute Gasteiger partial charge is 0.286 e. The van der Waals surface area contributed by atoms with Gasteiger partial charge in [-0.1, -0.05) is 11.3 Å². The maximum atomic E-state index is 13.2. The third-order valence-electron chi connectivity index (χ3n) is 5.13. The number of carbonyl (C=O) groups excluding carboxylic acids is 2. The number of hydrogen-bond acceptors (Lipinski definition) is 7. The molecule has 0 bridgehead atoms. The van der Waals surface area contributed by atoms with E-state index < -0.39 is 5.91 Å². The van der Waals surface area contributed by atoms with Gasteiger partial charge in [-0.25, -0.2) is 4.39 Å². The number of rotatable bonds is 6. The first-order chi connectivity index (χ1) is 15.5. The van der Waals surface area contributed by atoms with Crippen molar-refractivity contribution < 1.29 is 23.5 Å². The topological polar surface area (TPSA) is 93.7 Å². The van der Waals surface area contributed by atoms with E-state index in [0.717, 1.165) is 24.2 Å². The molecule has 0 saturated carbocycles. The van der Waals surface area contributed by atoms with Crippen molar-refractivity contribution in [2.75, 3.05) is 26.1 Å². The average Bonchev–Trinajstić information content (AvgIpc) is 3.49. The standard InChI is InChI=1S/C22H21FN4O4S/c1-30-16-10-13(11-17(12-16)31-2)22(29)27-9-3-4-18(27)20-25-26-21(32-20)19(28)24-15-7-5-14(23)6-8-15/h5-8,10-12,18H,3-4,9H2,1-2H3,(H,24,28). The van der Waals surface area contributed by atoms with E-state index >= 15 is 0 Å². The van der Waals surface area contributed by atoms with Gasteiger partial charge in [-0.3, -0.25) is 9.59 Å². The van der Waals surface area contributed by atoms with E-state index in [1.165, 1.54) is 38.5 Å². The van der Waals surface area contributed by atoms with E-state index in [2.05, 4.69) is 15.5 Å². The van der Waals surface area contributed by atoms with Gasteiger partial charge in [0.25, 0.3) is 11.8 Å². The van der Waals surface area contributed by atoms with Crippen LogP contribution in [0.15, 0.2) is 42.5 Å². The molecule has 3 aromatic rings. The molecule has 1 aliphatic rings. The molecule has 10 heteroatoms. The van der Waals surface area contributed by atoms with Gasteiger partial charge < -0.3 is 19.7 Å². The fourth-order valence-electron chi connectivity index (χ4n) is 3.54. The highest BCUT2D eigenvalue weighted by Crippen LogP contribution is 2.35. The lowest BCUT2D eigenvalue weighted by Crippen LogP contribution is -2.30. The number of nitrogens with one attached hydrogen (secondary N) is 1. The zero-order valence-corrected chi connectivity index (χ0v) is 18.3. The molecule has 1 aromatic heterocycles. The molecule has 1 atom stereocenters. The van der Waals surface area contributed by atoms with E-state index in [9.17, 15) is 14.0 Å². The predicted molar refractivity (Wildman–Crippen MR) is 117 cm³/mol. The van der Waals surface area contributed by atoms with Gasteiger partial charge in [0, 0.05) is 23.9 Å². The summed E-state index contributed by atoms with van der Waals surface area (Å²) in [6.45, 7) is 0.569. The molecule has 8 nitrogen and oxygen atoms in total. The molecule has 1 unspecified atom stereocenters. The molecule has 2 amide bonds. The van der Waals surface area contributed by atoms with Gasteiger partial charge in [0.05, 0.1) is 20.3 Å². The number of amides is 2. The predicted octanol–water partition coefficient (Wildman–Crippen LogP) is 3.92. The van der Waals surface area contributed by atoms with Gasteiger partial charge in [0.1, 0.15) is 22.3 Å². The second-order valence-electron chi connectivity index (χ2n) is 7.16. The highest BCUT2D eigenvalue weighted by molar-refractivity contribution is 7.13. The van der Waals surface area contributed by atoms with Crippen molar-refractivity contribution >= 4 is 28.8 Å². The Bertz CT molecular complexity index is 1110. The molecule has 1 saturated heterocycles. The Kier molecular flexibility index (Phi) is 6.31. The number of ether oxygens (including phenoxy) is 2. The van der Waals surface area contributed by atoms with E-state index in [-0.39, 0.29) is 22.8 Å². The number of halogens is 1. The fourth-order valence-corrected chi connectivity index (χ4v) is 4.43. The normalized spacial score (nSPS) is 15.5. The van der Waals surface area contributed by atoms with Crippen molar-refractivity contribution in [3.8, 4) is 11.5 Å². The Balaban J connectivity index is 1.51. The van der Waals surface area contributed by atoms with Crippen LogP contribution in [0, 0.1) is 5.82 Å². The van der Waals surface area contributed by atoms with Crippen LogP contribution in [-0.2, 0) is 0 Å². The lowest BCUT2D eigenvalue weighted by Gasteiger charge is -2.23. The molecule has 0 aliphatic carbocycles. The molecule has 166 valence electrons. The molecule has 1 N–H and O–H groups in total. The van der Waals surface area contributed by atoms with Gasteiger partial charge >= 0.3 is 0 Å². The summed E-state index contributed by atoms with van der Waals surface area (Å²) < 4.78 is 23.6. The summed E-state index contributed by atoms with van der Waals surface area (Å²) >= 11 is 1.14. The molecule has 1 aliphatic heterocycles. The van der Waals surface area contributed by atoms with Crippen LogP contribution >= 0.6 is 11.3 Å². The van der Waals surface area contributed by atoms with Crippen molar-refractivity contribution in [1.29, 1.82) is 0 Å². The number of benzene rings is 2. The Morgan fingerprint density at radius 3 is 2.44 bits per heavy atom. The van der Waals surface area contributed by atoms with Crippen molar-refractivity contribution in [1.82, 2.24) is 15.1 Å². The van der Waals surface area contributed by atoms with Crippen molar-refractivity contribution in [2.24, 2.45) is 0 Å². The number of anilines is 1. The quantitative estimate of drug-likeness (QED) is 0.604. The minimum atomic E-state index is -0.436. The first-order valence-corrected chi connectivity index (χ1v) is 10.7.